The molecule has 4 unspecified atom stereocenters. The molecule has 0 spiro atoms. The first kappa shape index (κ1) is 27.9. The van der Waals surface area contributed by atoms with E-state index in [1.165, 1.54) is 18.6 Å². The fourth-order valence-corrected chi connectivity index (χ4v) is 9.89. The van der Waals surface area contributed by atoms with Crippen molar-refractivity contribution in [1.82, 2.24) is 20.2 Å². The van der Waals surface area contributed by atoms with Gasteiger partial charge in [0, 0.05) is 54.5 Å². The lowest BCUT2D eigenvalue weighted by molar-refractivity contribution is 0.107. The van der Waals surface area contributed by atoms with Crippen molar-refractivity contribution in [3.05, 3.63) is 40.4 Å². The van der Waals surface area contributed by atoms with Crippen LogP contribution in [-0.2, 0) is 0 Å². The first-order valence-corrected chi connectivity index (χ1v) is 16.6. The zero-order valence-electron chi connectivity index (χ0n) is 24.1. The summed E-state index contributed by atoms with van der Waals surface area (Å²) in [6, 6.07) is 7.01. The maximum absolute atomic E-state index is 16.9. The van der Waals surface area contributed by atoms with E-state index in [4.69, 9.17) is 27.1 Å². The Morgan fingerprint density at radius 2 is 2.00 bits per heavy atom. The first-order chi connectivity index (χ1) is 21.7. The molecule has 2 aromatic heterocycles. The van der Waals surface area contributed by atoms with E-state index >= 15 is 4.39 Å². The van der Waals surface area contributed by atoms with Crippen LogP contribution in [0.4, 0.5) is 24.0 Å². The van der Waals surface area contributed by atoms with E-state index in [9.17, 15) is 14.0 Å². The van der Waals surface area contributed by atoms with Crippen LogP contribution < -0.4 is 20.7 Å². The van der Waals surface area contributed by atoms with Gasteiger partial charge in [0.1, 0.15) is 41.0 Å². The highest BCUT2D eigenvalue weighted by Gasteiger charge is 2.57. The standard InChI is InChI=1S/C32H29ClF3N7OS/c33-20-7-18-27(26(36)25(20)15-2-3-21(35)28-24(15)19(9-37)29(38)45-28)40-31(44-13-32-4-1-5-43(32)10-14(34)8-32)41-30(18)42-11-22-16-6-17(16)23(12-42)39-22/h2-3,7,14,16-17,22-23,39H,1,4-6,8,10-13,38H2/t14-,16?,17?,22?,23?,32+/m1/s1. The second kappa shape index (κ2) is 9.82. The third kappa shape index (κ3) is 4.10. The van der Waals surface area contributed by atoms with Crippen LogP contribution in [0, 0.1) is 34.8 Å². The number of rotatable bonds is 5. The highest BCUT2D eigenvalue weighted by molar-refractivity contribution is 7.23. The first-order valence-electron chi connectivity index (χ1n) is 15.4. The SMILES string of the molecule is N#Cc1c(N)sc2c(F)ccc(-c3c(Cl)cc4c(N5CC6NC(C5)C5CC65)nc(OC[C@@]56CCCN5C[C@H](F)C6)nc4c3F)c12. The number of nitrogens with zero attached hydrogens (tertiary/aromatic N) is 5. The molecule has 13 heteroatoms. The van der Waals surface area contributed by atoms with Gasteiger partial charge >= 0.3 is 6.01 Å². The number of aromatic nitrogens is 2. The molecule has 6 heterocycles. The summed E-state index contributed by atoms with van der Waals surface area (Å²) in [7, 11) is 0. The summed E-state index contributed by atoms with van der Waals surface area (Å²) in [4.78, 5) is 13.8. The molecule has 232 valence electrons. The topological polar surface area (TPSA) is 103 Å². The number of alkyl halides is 1. The van der Waals surface area contributed by atoms with Gasteiger partial charge in [-0.05, 0) is 55.3 Å². The normalized spacial score (nSPS) is 30.2. The second-order valence-corrected chi connectivity index (χ2v) is 14.7. The minimum absolute atomic E-state index is 0.00248. The number of piperazine rings is 1. The minimum Gasteiger partial charge on any atom is -0.461 e. The number of nitriles is 1. The van der Waals surface area contributed by atoms with Gasteiger partial charge in [0.05, 0.1) is 20.8 Å². The van der Waals surface area contributed by atoms with Crippen LogP contribution in [0.2, 0.25) is 5.02 Å². The molecule has 1 saturated carbocycles. The van der Waals surface area contributed by atoms with Crippen molar-refractivity contribution in [3.8, 4) is 23.2 Å². The Hall–Kier alpha value is -3.37. The van der Waals surface area contributed by atoms with Crippen LogP contribution in [-0.4, -0.2) is 71.4 Å². The number of nitrogens with one attached hydrogen (secondary N) is 1. The molecular formula is C32H29ClF3N7OS. The quantitative estimate of drug-likeness (QED) is 0.286. The zero-order chi connectivity index (χ0) is 30.8. The monoisotopic (exact) mass is 651 g/mol. The van der Waals surface area contributed by atoms with Crippen molar-refractivity contribution in [1.29, 1.82) is 5.26 Å². The van der Waals surface area contributed by atoms with Crippen LogP contribution in [0.3, 0.4) is 0 Å². The van der Waals surface area contributed by atoms with Crippen molar-refractivity contribution < 1.29 is 17.9 Å². The molecular weight excluding hydrogens is 623 g/mol. The van der Waals surface area contributed by atoms with Crippen molar-refractivity contribution in [2.75, 3.05) is 43.4 Å². The number of hydrogen-bond donors (Lipinski definition) is 2. The smallest absolute Gasteiger partial charge is 0.319 e. The predicted octanol–water partition coefficient (Wildman–Crippen LogP) is 5.65. The zero-order valence-corrected chi connectivity index (χ0v) is 25.7. The maximum atomic E-state index is 16.9. The Bertz CT molecular complexity index is 1950. The van der Waals surface area contributed by atoms with Crippen LogP contribution in [0.15, 0.2) is 18.2 Å². The Morgan fingerprint density at radius 3 is 2.78 bits per heavy atom. The lowest BCUT2D eigenvalue weighted by Crippen LogP contribution is -2.54. The van der Waals surface area contributed by atoms with Crippen molar-refractivity contribution in [2.45, 2.75) is 49.5 Å². The summed E-state index contributed by atoms with van der Waals surface area (Å²) in [5.74, 6) is 0.551. The van der Waals surface area contributed by atoms with Crippen LogP contribution >= 0.6 is 22.9 Å². The summed E-state index contributed by atoms with van der Waals surface area (Å²) in [6.07, 6.45) is 2.49. The van der Waals surface area contributed by atoms with Gasteiger partial charge in [-0.1, -0.05) is 17.7 Å². The average molecular weight is 652 g/mol. The van der Waals surface area contributed by atoms with Gasteiger partial charge in [0.2, 0.25) is 0 Å². The Morgan fingerprint density at radius 1 is 1.20 bits per heavy atom. The fourth-order valence-electron chi connectivity index (χ4n) is 8.65. The number of halogens is 4. The van der Waals surface area contributed by atoms with E-state index in [1.54, 1.807) is 6.07 Å². The van der Waals surface area contributed by atoms with E-state index in [2.05, 4.69) is 20.1 Å². The number of piperidine rings is 1. The summed E-state index contributed by atoms with van der Waals surface area (Å²) in [5, 5.41) is 14.4. The molecule has 9 rings (SSSR count). The third-order valence-electron chi connectivity index (χ3n) is 10.8. The molecule has 8 nitrogen and oxygen atoms in total. The number of nitrogen functional groups attached to an aromatic ring is 1. The molecule has 6 atom stereocenters. The van der Waals surface area contributed by atoms with E-state index in [0.717, 1.165) is 30.7 Å². The summed E-state index contributed by atoms with van der Waals surface area (Å²) in [6.45, 7) is 2.84. The third-order valence-corrected chi connectivity index (χ3v) is 12.1. The maximum Gasteiger partial charge on any atom is 0.319 e. The molecule has 5 aliphatic rings. The van der Waals surface area contributed by atoms with Crippen molar-refractivity contribution >= 4 is 54.7 Å². The highest BCUT2D eigenvalue weighted by Crippen LogP contribution is 2.52. The van der Waals surface area contributed by atoms with E-state index < -0.39 is 23.3 Å². The van der Waals surface area contributed by atoms with E-state index in [-0.39, 0.29) is 54.9 Å². The van der Waals surface area contributed by atoms with Gasteiger partial charge < -0.3 is 20.7 Å². The van der Waals surface area contributed by atoms with Crippen LogP contribution in [0.5, 0.6) is 6.01 Å². The van der Waals surface area contributed by atoms with Gasteiger partial charge in [-0.25, -0.2) is 13.2 Å². The number of hydrogen-bond acceptors (Lipinski definition) is 9. The number of fused-ring (bicyclic) bond motifs is 8. The average Bonchev–Trinajstić information content (AvgIpc) is 3.37. The number of nitrogens with two attached hydrogens (primary N) is 1. The lowest BCUT2D eigenvalue weighted by atomic mass is 9.95. The van der Waals surface area contributed by atoms with Gasteiger partial charge in [-0.15, -0.1) is 11.3 Å². The number of anilines is 2. The van der Waals surface area contributed by atoms with Crippen molar-refractivity contribution in [2.24, 2.45) is 11.8 Å². The Kier molecular flexibility index (Phi) is 6.09. The van der Waals surface area contributed by atoms with E-state index in [1.807, 2.05) is 6.07 Å². The van der Waals surface area contributed by atoms with E-state index in [0.29, 0.717) is 61.2 Å². The van der Waals surface area contributed by atoms with Gasteiger partial charge in [0.25, 0.3) is 0 Å². The predicted molar refractivity (Wildman–Crippen MR) is 167 cm³/mol. The molecule has 2 bridgehead atoms. The van der Waals surface area contributed by atoms with Crippen LogP contribution in [0.25, 0.3) is 32.1 Å². The number of benzene rings is 2. The molecule has 45 heavy (non-hydrogen) atoms. The fraction of sp³-hybridized carbons (Fsp3) is 0.469. The summed E-state index contributed by atoms with van der Waals surface area (Å²) in [5.41, 5.74) is 5.98. The number of thiophene rings is 1. The molecule has 5 fully saturated rings. The van der Waals surface area contributed by atoms with Gasteiger partial charge in [-0.2, -0.15) is 15.2 Å². The lowest BCUT2D eigenvalue weighted by Gasteiger charge is -2.36. The molecule has 3 N–H and O–H groups in total. The molecule has 0 radical (unpaired) electrons. The Labute approximate surface area is 265 Å². The molecule has 4 saturated heterocycles. The second-order valence-electron chi connectivity index (χ2n) is 13.2. The van der Waals surface area contributed by atoms with Gasteiger partial charge in [0.15, 0.2) is 5.82 Å². The summed E-state index contributed by atoms with van der Waals surface area (Å²) >= 11 is 7.79. The molecule has 4 aromatic rings. The molecule has 4 aliphatic heterocycles. The highest BCUT2D eigenvalue weighted by atomic mass is 35.5. The summed E-state index contributed by atoms with van der Waals surface area (Å²) < 4.78 is 52.7. The Balaban J connectivity index is 1.20. The molecule has 1 aliphatic carbocycles. The van der Waals surface area contributed by atoms with Crippen molar-refractivity contribution in [3.63, 3.8) is 0 Å². The minimum atomic E-state index is -0.913. The molecule has 2 aromatic carbocycles. The van der Waals surface area contributed by atoms with Gasteiger partial charge in [-0.3, -0.25) is 4.90 Å². The number of ether oxygens (including phenoxy) is 1. The largest absolute Gasteiger partial charge is 0.461 e. The van der Waals surface area contributed by atoms with Crippen LogP contribution in [0.1, 0.15) is 31.2 Å². The molecule has 0 amide bonds.